The second-order valence-corrected chi connectivity index (χ2v) is 4.74. The largest absolute Gasteiger partial charge is 0.350 e. The molecule has 4 nitrogen and oxygen atoms in total. The van der Waals surface area contributed by atoms with E-state index in [4.69, 9.17) is 0 Å². The predicted molar refractivity (Wildman–Crippen MR) is 67.0 cm³/mol. The molecule has 0 saturated carbocycles. The second kappa shape index (κ2) is 6.60. The smallest absolute Gasteiger partial charge is 0.207 e. The number of carbonyl (C=O) groups is 1. The summed E-state index contributed by atoms with van der Waals surface area (Å²) < 4.78 is 0.972. The van der Waals surface area contributed by atoms with Crippen LogP contribution >= 0.6 is 15.9 Å². The number of nitrogens with one attached hydrogen (secondary N) is 1. The summed E-state index contributed by atoms with van der Waals surface area (Å²) in [6.07, 6.45) is 3.30. The third-order valence-electron chi connectivity index (χ3n) is 2.23. The molecule has 1 heterocycles. The van der Waals surface area contributed by atoms with Crippen molar-refractivity contribution in [1.29, 1.82) is 0 Å². The Hall–Kier alpha value is -0.940. The maximum absolute atomic E-state index is 10.6. The topological polar surface area (TPSA) is 45.2 Å². The van der Waals surface area contributed by atoms with E-state index in [1.807, 2.05) is 26.2 Å². The lowest BCUT2D eigenvalue weighted by Gasteiger charge is -2.18. The number of aromatic nitrogens is 1. The molecule has 0 aliphatic rings. The number of hydrogen-bond acceptors (Lipinski definition) is 3. The Morgan fingerprint density at radius 1 is 1.62 bits per heavy atom. The fourth-order valence-corrected chi connectivity index (χ4v) is 1.75. The Balaban J connectivity index is 2.72. The molecule has 0 radical (unpaired) electrons. The second-order valence-electron chi connectivity index (χ2n) is 3.83. The van der Waals surface area contributed by atoms with Gasteiger partial charge in [-0.25, -0.2) is 0 Å². The lowest BCUT2D eigenvalue weighted by Crippen LogP contribution is -2.25. The number of nitrogens with zero attached hydrogens (tertiary/aromatic N) is 2. The molecular formula is C11H16BrN3O. The van der Waals surface area contributed by atoms with E-state index in [-0.39, 0.29) is 6.04 Å². The number of amides is 1. The fourth-order valence-electron chi connectivity index (χ4n) is 1.40. The first-order chi connectivity index (χ1) is 7.63. The van der Waals surface area contributed by atoms with Crippen molar-refractivity contribution in [3.8, 4) is 0 Å². The van der Waals surface area contributed by atoms with Crippen molar-refractivity contribution in [2.24, 2.45) is 0 Å². The van der Waals surface area contributed by atoms with Crippen LogP contribution in [0.15, 0.2) is 22.8 Å². The SMILES string of the molecule is CN(C)CCC(NC=O)c1cc(Br)ccn1. The molecule has 88 valence electrons. The van der Waals surface area contributed by atoms with Crippen molar-refractivity contribution in [2.75, 3.05) is 20.6 Å². The maximum Gasteiger partial charge on any atom is 0.207 e. The van der Waals surface area contributed by atoms with Gasteiger partial charge >= 0.3 is 0 Å². The van der Waals surface area contributed by atoms with Gasteiger partial charge in [0.1, 0.15) is 0 Å². The van der Waals surface area contributed by atoms with Crippen molar-refractivity contribution in [3.63, 3.8) is 0 Å². The van der Waals surface area contributed by atoms with E-state index < -0.39 is 0 Å². The first kappa shape index (κ1) is 13.1. The van der Waals surface area contributed by atoms with Crippen LogP contribution in [0.1, 0.15) is 18.2 Å². The van der Waals surface area contributed by atoms with Crippen LogP contribution in [0.5, 0.6) is 0 Å². The van der Waals surface area contributed by atoms with Gasteiger partial charge in [-0.05, 0) is 39.2 Å². The first-order valence-electron chi connectivity index (χ1n) is 5.09. The Morgan fingerprint density at radius 2 is 2.38 bits per heavy atom. The van der Waals surface area contributed by atoms with Crippen molar-refractivity contribution in [3.05, 3.63) is 28.5 Å². The van der Waals surface area contributed by atoms with E-state index in [9.17, 15) is 4.79 Å². The van der Waals surface area contributed by atoms with Crippen molar-refractivity contribution >= 4 is 22.3 Å². The average Bonchev–Trinajstić information content (AvgIpc) is 2.24. The third kappa shape index (κ3) is 4.28. The van der Waals surface area contributed by atoms with Crippen molar-refractivity contribution in [1.82, 2.24) is 15.2 Å². The zero-order valence-electron chi connectivity index (χ0n) is 9.48. The minimum absolute atomic E-state index is 0.0302. The molecule has 1 N–H and O–H groups in total. The van der Waals surface area contributed by atoms with Crippen LogP contribution in [0.3, 0.4) is 0 Å². The maximum atomic E-state index is 10.6. The van der Waals surface area contributed by atoms with Gasteiger partial charge in [-0.15, -0.1) is 0 Å². The van der Waals surface area contributed by atoms with Gasteiger partial charge in [0, 0.05) is 10.7 Å². The van der Waals surface area contributed by atoms with Gasteiger partial charge in [0.05, 0.1) is 11.7 Å². The van der Waals surface area contributed by atoms with Crippen LogP contribution in [0, 0.1) is 0 Å². The van der Waals surface area contributed by atoms with Gasteiger partial charge in [0.25, 0.3) is 0 Å². The summed E-state index contributed by atoms with van der Waals surface area (Å²) in [6, 6.07) is 3.77. The van der Waals surface area contributed by atoms with Gasteiger partial charge in [-0.1, -0.05) is 15.9 Å². The molecule has 0 fully saturated rings. The van der Waals surface area contributed by atoms with Crippen LogP contribution in [0.25, 0.3) is 0 Å². The average molecular weight is 286 g/mol. The summed E-state index contributed by atoms with van der Waals surface area (Å²) in [5.74, 6) is 0. The van der Waals surface area contributed by atoms with E-state index in [2.05, 4.69) is 31.1 Å². The Kier molecular flexibility index (Phi) is 5.42. The third-order valence-corrected chi connectivity index (χ3v) is 2.73. The van der Waals surface area contributed by atoms with Gasteiger partial charge in [-0.3, -0.25) is 9.78 Å². The van der Waals surface area contributed by atoms with Gasteiger partial charge < -0.3 is 10.2 Å². The van der Waals surface area contributed by atoms with Crippen molar-refractivity contribution in [2.45, 2.75) is 12.5 Å². The molecule has 1 rings (SSSR count). The molecule has 0 saturated heterocycles. The predicted octanol–water partition coefficient (Wildman–Crippen LogP) is 1.58. The zero-order valence-corrected chi connectivity index (χ0v) is 11.1. The summed E-state index contributed by atoms with van der Waals surface area (Å²) in [5.41, 5.74) is 0.878. The molecule has 16 heavy (non-hydrogen) atoms. The summed E-state index contributed by atoms with van der Waals surface area (Å²) in [5, 5.41) is 2.79. The van der Waals surface area contributed by atoms with Crippen LogP contribution in [0.4, 0.5) is 0 Å². The van der Waals surface area contributed by atoms with E-state index in [1.165, 1.54) is 0 Å². The van der Waals surface area contributed by atoms with Crippen LogP contribution in [0.2, 0.25) is 0 Å². The molecule has 1 aromatic rings. The van der Waals surface area contributed by atoms with Crippen LogP contribution in [-0.4, -0.2) is 36.9 Å². The highest BCUT2D eigenvalue weighted by molar-refractivity contribution is 9.10. The molecular weight excluding hydrogens is 270 g/mol. The lowest BCUT2D eigenvalue weighted by atomic mass is 10.1. The van der Waals surface area contributed by atoms with Gasteiger partial charge in [0.2, 0.25) is 6.41 Å². The van der Waals surface area contributed by atoms with Gasteiger partial charge in [0.15, 0.2) is 0 Å². The molecule has 1 atom stereocenters. The van der Waals surface area contributed by atoms with E-state index in [0.717, 1.165) is 29.5 Å². The quantitative estimate of drug-likeness (QED) is 0.808. The van der Waals surface area contributed by atoms with E-state index >= 15 is 0 Å². The highest BCUT2D eigenvalue weighted by Crippen LogP contribution is 2.18. The van der Waals surface area contributed by atoms with Crippen LogP contribution < -0.4 is 5.32 Å². The Bertz CT molecular complexity index is 344. The lowest BCUT2D eigenvalue weighted by molar-refractivity contribution is -0.110. The summed E-state index contributed by atoms with van der Waals surface area (Å²) >= 11 is 3.40. The highest BCUT2D eigenvalue weighted by Gasteiger charge is 2.12. The minimum Gasteiger partial charge on any atom is -0.350 e. The number of halogens is 1. The molecule has 0 aliphatic heterocycles. The van der Waals surface area contributed by atoms with Crippen molar-refractivity contribution < 1.29 is 4.79 Å². The fraction of sp³-hybridized carbons (Fsp3) is 0.455. The summed E-state index contributed by atoms with van der Waals surface area (Å²) in [4.78, 5) is 16.9. The first-order valence-corrected chi connectivity index (χ1v) is 5.88. The molecule has 0 aromatic carbocycles. The highest BCUT2D eigenvalue weighted by atomic mass is 79.9. The number of hydrogen-bond donors (Lipinski definition) is 1. The molecule has 1 aromatic heterocycles. The zero-order chi connectivity index (χ0) is 12.0. The van der Waals surface area contributed by atoms with E-state index in [1.54, 1.807) is 6.20 Å². The van der Waals surface area contributed by atoms with Crippen LogP contribution in [-0.2, 0) is 4.79 Å². The molecule has 0 bridgehead atoms. The Morgan fingerprint density at radius 3 is 2.94 bits per heavy atom. The summed E-state index contributed by atoms with van der Waals surface area (Å²) in [7, 11) is 4.01. The standard InChI is InChI=1S/C11H16BrN3O/c1-15(2)6-4-10(14-8-16)11-7-9(12)3-5-13-11/h3,5,7-8,10H,4,6H2,1-2H3,(H,14,16). The molecule has 1 unspecified atom stereocenters. The van der Waals surface area contributed by atoms with Gasteiger partial charge in [-0.2, -0.15) is 0 Å². The monoisotopic (exact) mass is 285 g/mol. The summed E-state index contributed by atoms with van der Waals surface area (Å²) in [6.45, 7) is 0.902. The molecule has 1 amide bonds. The minimum atomic E-state index is -0.0302. The number of pyridine rings is 1. The molecule has 0 spiro atoms. The normalized spacial score (nSPS) is 12.5. The molecule has 0 aliphatic carbocycles. The number of carbonyl (C=O) groups excluding carboxylic acids is 1. The number of rotatable bonds is 6. The Labute approximate surface area is 104 Å². The van der Waals surface area contributed by atoms with E-state index in [0.29, 0.717) is 0 Å². The molecule has 5 heteroatoms.